The molecule has 0 aliphatic heterocycles. The van der Waals surface area contributed by atoms with Gasteiger partial charge in [-0.25, -0.2) is 4.99 Å². The summed E-state index contributed by atoms with van der Waals surface area (Å²) < 4.78 is 10.4. The normalized spacial score (nSPS) is 11.2. The molecule has 0 aliphatic rings. The van der Waals surface area contributed by atoms with E-state index in [1.807, 2.05) is 43.3 Å². The van der Waals surface area contributed by atoms with Crippen LogP contribution in [0.2, 0.25) is 0 Å². The standard InChI is InChI=1S/C20H22N4O3/c1-2-21-20(23-14-17-5-3-11-26-17)22-13-15-7-9-16(10-8-15)24-19(25)18-6-4-12-27-18/h3-12H,2,13-14H2,1H3,(H,24,25)(H2,21,22,23). The summed E-state index contributed by atoms with van der Waals surface area (Å²) in [6.07, 6.45) is 3.12. The second-order valence-electron chi connectivity index (χ2n) is 5.76. The van der Waals surface area contributed by atoms with E-state index in [0.29, 0.717) is 24.7 Å². The molecule has 7 heteroatoms. The fourth-order valence-electron chi connectivity index (χ4n) is 2.39. The summed E-state index contributed by atoms with van der Waals surface area (Å²) in [6.45, 7) is 3.86. The highest BCUT2D eigenvalue weighted by Crippen LogP contribution is 2.12. The molecule has 140 valence electrons. The highest BCUT2D eigenvalue weighted by atomic mass is 16.3. The Kier molecular flexibility index (Phi) is 6.30. The molecule has 3 N–H and O–H groups in total. The van der Waals surface area contributed by atoms with Crippen molar-refractivity contribution in [1.82, 2.24) is 10.6 Å². The highest BCUT2D eigenvalue weighted by molar-refractivity contribution is 6.02. The van der Waals surface area contributed by atoms with Crippen molar-refractivity contribution in [3.8, 4) is 0 Å². The van der Waals surface area contributed by atoms with Crippen molar-refractivity contribution in [2.45, 2.75) is 20.0 Å². The Labute approximate surface area is 157 Å². The van der Waals surface area contributed by atoms with E-state index in [0.717, 1.165) is 17.9 Å². The molecule has 0 saturated carbocycles. The van der Waals surface area contributed by atoms with E-state index < -0.39 is 0 Å². The first-order valence-electron chi connectivity index (χ1n) is 8.73. The number of aliphatic imine (C=N–C) groups is 1. The first kappa shape index (κ1) is 18.3. The lowest BCUT2D eigenvalue weighted by Gasteiger charge is -2.10. The van der Waals surface area contributed by atoms with Crippen LogP contribution < -0.4 is 16.0 Å². The van der Waals surface area contributed by atoms with Crippen LogP contribution in [0.3, 0.4) is 0 Å². The van der Waals surface area contributed by atoms with E-state index >= 15 is 0 Å². The smallest absolute Gasteiger partial charge is 0.291 e. The molecule has 7 nitrogen and oxygen atoms in total. The van der Waals surface area contributed by atoms with Crippen LogP contribution in [0.4, 0.5) is 5.69 Å². The van der Waals surface area contributed by atoms with Gasteiger partial charge in [-0.05, 0) is 48.9 Å². The fraction of sp³-hybridized carbons (Fsp3) is 0.200. The average Bonchev–Trinajstić information content (AvgIpc) is 3.39. The molecule has 2 aromatic heterocycles. The second-order valence-corrected chi connectivity index (χ2v) is 5.76. The number of anilines is 1. The summed E-state index contributed by atoms with van der Waals surface area (Å²) >= 11 is 0. The van der Waals surface area contributed by atoms with Gasteiger partial charge in [0, 0.05) is 12.2 Å². The SMILES string of the molecule is CCNC(=NCc1ccc(NC(=O)c2ccco2)cc1)NCc1ccco1. The Hall–Kier alpha value is -3.48. The third-order valence-electron chi connectivity index (χ3n) is 3.73. The number of benzene rings is 1. The number of nitrogens with one attached hydrogen (secondary N) is 3. The summed E-state index contributed by atoms with van der Waals surface area (Å²) in [6, 6.07) is 14.6. The molecule has 2 heterocycles. The molecule has 0 radical (unpaired) electrons. The lowest BCUT2D eigenvalue weighted by atomic mass is 10.2. The molecule has 3 aromatic rings. The first-order valence-corrected chi connectivity index (χ1v) is 8.73. The summed E-state index contributed by atoms with van der Waals surface area (Å²) in [4.78, 5) is 16.5. The molecule has 1 amide bonds. The molecule has 27 heavy (non-hydrogen) atoms. The van der Waals surface area contributed by atoms with Crippen LogP contribution in [-0.2, 0) is 13.1 Å². The second kappa shape index (κ2) is 9.28. The van der Waals surface area contributed by atoms with Gasteiger partial charge in [-0.2, -0.15) is 0 Å². The number of guanidine groups is 1. The van der Waals surface area contributed by atoms with Gasteiger partial charge >= 0.3 is 0 Å². The molecule has 0 aliphatic carbocycles. The number of carbonyl (C=O) groups is 1. The maximum atomic E-state index is 12.0. The Balaban J connectivity index is 1.55. The number of amides is 1. The monoisotopic (exact) mass is 366 g/mol. The van der Waals surface area contributed by atoms with Crippen molar-refractivity contribution in [2.24, 2.45) is 4.99 Å². The number of hydrogen-bond donors (Lipinski definition) is 3. The molecule has 0 saturated heterocycles. The zero-order valence-corrected chi connectivity index (χ0v) is 15.1. The van der Waals surface area contributed by atoms with Gasteiger partial charge in [-0.3, -0.25) is 4.79 Å². The number of rotatable bonds is 7. The third kappa shape index (κ3) is 5.50. The number of nitrogens with zero attached hydrogens (tertiary/aromatic N) is 1. The predicted molar refractivity (Wildman–Crippen MR) is 103 cm³/mol. The van der Waals surface area contributed by atoms with Gasteiger partial charge in [0.15, 0.2) is 11.7 Å². The molecule has 0 spiro atoms. The van der Waals surface area contributed by atoms with Gasteiger partial charge in [0.05, 0.1) is 25.6 Å². The van der Waals surface area contributed by atoms with Gasteiger partial charge in [0.25, 0.3) is 5.91 Å². The van der Waals surface area contributed by atoms with Crippen molar-refractivity contribution in [3.63, 3.8) is 0 Å². The minimum atomic E-state index is -0.276. The highest BCUT2D eigenvalue weighted by Gasteiger charge is 2.08. The zero-order chi connectivity index (χ0) is 18.9. The van der Waals surface area contributed by atoms with Gasteiger partial charge in [0.2, 0.25) is 0 Å². The van der Waals surface area contributed by atoms with E-state index in [1.54, 1.807) is 18.4 Å². The van der Waals surface area contributed by atoms with Gasteiger partial charge < -0.3 is 24.8 Å². The summed E-state index contributed by atoms with van der Waals surface area (Å²) in [5, 5.41) is 9.21. The molecule has 0 atom stereocenters. The Morgan fingerprint density at radius 2 is 1.78 bits per heavy atom. The molecule has 0 fully saturated rings. The maximum Gasteiger partial charge on any atom is 0.291 e. The molecule has 0 bridgehead atoms. The van der Waals surface area contributed by atoms with Crippen LogP contribution in [0.1, 0.15) is 28.8 Å². The van der Waals surface area contributed by atoms with Crippen LogP contribution in [0.15, 0.2) is 74.9 Å². The van der Waals surface area contributed by atoms with Crippen LogP contribution >= 0.6 is 0 Å². The largest absolute Gasteiger partial charge is 0.467 e. The predicted octanol–water partition coefficient (Wildman–Crippen LogP) is 3.38. The molecule has 3 rings (SSSR count). The van der Waals surface area contributed by atoms with Crippen LogP contribution in [-0.4, -0.2) is 18.4 Å². The fourth-order valence-corrected chi connectivity index (χ4v) is 2.39. The van der Waals surface area contributed by atoms with Crippen molar-refractivity contribution in [2.75, 3.05) is 11.9 Å². The molecular weight excluding hydrogens is 344 g/mol. The van der Waals surface area contributed by atoms with Crippen molar-refractivity contribution in [3.05, 3.63) is 78.1 Å². The lowest BCUT2D eigenvalue weighted by molar-refractivity contribution is 0.0996. The summed E-state index contributed by atoms with van der Waals surface area (Å²) in [5.41, 5.74) is 1.73. The van der Waals surface area contributed by atoms with Crippen molar-refractivity contribution < 1.29 is 13.6 Å². The van der Waals surface area contributed by atoms with E-state index in [2.05, 4.69) is 20.9 Å². The molecular formula is C20H22N4O3. The number of carbonyl (C=O) groups excluding carboxylic acids is 1. The minimum absolute atomic E-state index is 0.276. The molecule has 0 unspecified atom stereocenters. The lowest BCUT2D eigenvalue weighted by Crippen LogP contribution is -2.36. The Bertz CT molecular complexity index is 853. The zero-order valence-electron chi connectivity index (χ0n) is 15.1. The van der Waals surface area contributed by atoms with Crippen molar-refractivity contribution >= 4 is 17.6 Å². The van der Waals surface area contributed by atoms with E-state index in [4.69, 9.17) is 8.83 Å². The average molecular weight is 366 g/mol. The minimum Gasteiger partial charge on any atom is -0.467 e. The van der Waals surface area contributed by atoms with Crippen LogP contribution in [0.5, 0.6) is 0 Å². The third-order valence-corrected chi connectivity index (χ3v) is 3.73. The van der Waals surface area contributed by atoms with E-state index in [9.17, 15) is 4.79 Å². The quantitative estimate of drug-likeness (QED) is 0.440. The maximum absolute atomic E-state index is 12.0. The van der Waals surface area contributed by atoms with Crippen molar-refractivity contribution in [1.29, 1.82) is 0 Å². The van der Waals surface area contributed by atoms with E-state index in [1.165, 1.54) is 6.26 Å². The van der Waals surface area contributed by atoms with Gasteiger partial charge in [0.1, 0.15) is 5.76 Å². The first-order chi connectivity index (χ1) is 13.2. The van der Waals surface area contributed by atoms with Gasteiger partial charge in [-0.1, -0.05) is 12.1 Å². The van der Waals surface area contributed by atoms with Crippen LogP contribution in [0.25, 0.3) is 0 Å². The number of furan rings is 2. The number of hydrogen-bond acceptors (Lipinski definition) is 4. The molecule has 1 aromatic carbocycles. The van der Waals surface area contributed by atoms with Gasteiger partial charge in [-0.15, -0.1) is 0 Å². The topological polar surface area (TPSA) is 91.8 Å². The van der Waals surface area contributed by atoms with Crippen LogP contribution in [0, 0.1) is 0 Å². The Morgan fingerprint density at radius 3 is 2.44 bits per heavy atom. The summed E-state index contributed by atoms with van der Waals surface area (Å²) in [5.74, 6) is 1.56. The Morgan fingerprint density at radius 1 is 1.00 bits per heavy atom. The summed E-state index contributed by atoms with van der Waals surface area (Å²) in [7, 11) is 0. The van der Waals surface area contributed by atoms with E-state index in [-0.39, 0.29) is 11.7 Å².